The number of nitrogens with one attached hydrogen (secondary N) is 1. The fourth-order valence-corrected chi connectivity index (χ4v) is 2.34. The van der Waals surface area contributed by atoms with Crippen molar-refractivity contribution in [2.45, 2.75) is 31.2 Å². The van der Waals surface area contributed by atoms with Crippen molar-refractivity contribution in [3.05, 3.63) is 30.2 Å². The van der Waals surface area contributed by atoms with Crippen LogP contribution < -0.4 is 5.32 Å². The van der Waals surface area contributed by atoms with Crippen LogP contribution in [0.15, 0.2) is 33.6 Å². The highest BCUT2D eigenvalue weighted by atomic mass is 32.2. The zero-order chi connectivity index (χ0) is 13.7. The molecule has 0 atom stereocenters. The number of aromatic nitrogens is 2. The van der Waals surface area contributed by atoms with E-state index in [1.54, 1.807) is 11.8 Å². The monoisotopic (exact) mass is 277 g/mol. The molecule has 0 saturated carbocycles. The molecule has 19 heavy (non-hydrogen) atoms. The first kappa shape index (κ1) is 14.1. The highest BCUT2D eigenvalue weighted by Gasteiger charge is 2.11. The van der Waals surface area contributed by atoms with Gasteiger partial charge >= 0.3 is 0 Å². The number of nitrogens with zero attached hydrogens (tertiary/aromatic N) is 2. The second-order valence-corrected chi connectivity index (χ2v) is 5.41. The van der Waals surface area contributed by atoms with Crippen LogP contribution in [-0.2, 0) is 6.42 Å². The molecule has 5 heteroatoms. The van der Waals surface area contributed by atoms with Gasteiger partial charge in [0.25, 0.3) is 0 Å². The third kappa shape index (κ3) is 3.81. The molecule has 0 saturated heterocycles. The van der Waals surface area contributed by atoms with E-state index in [0.717, 1.165) is 23.4 Å². The second-order valence-electron chi connectivity index (χ2n) is 4.56. The summed E-state index contributed by atoms with van der Waals surface area (Å²) in [6, 6.07) is 8.54. The Balaban J connectivity index is 2.08. The molecule has 1 heterocycles. The quantitative estimate of drug-likeness (QED) is 0.823. The first-order valence-electron chi connectivity index (χ1n) is 6.40. The smallest absolute Gasteiger partial charge is 0.248 e. The predicted molar refractivity (Wildman–Crippen MR) is 78.4 cm³/mol. The van der Waals surface area contributed by atoms with Gasteiger partial charge in [-0.1, -0.05) is 26.0 Å². The first-order valence-corrected chi connectivity index (χ1v) is 7.62. The fourth-order valence-electron chi connectivity index (χ4n) is 1.75. The maximum atomic E-state index is 5.72. The Hall–Kier alpha value is -1.33. The van der Waals surface area contributed by atoms with E-state index < -0.39 is 0 Å². The van der Waals surface area contributed by atoms with Gasteiger partial charge in [-0.3, -0.25) is 0 Å². The third-order valence-electron chi connectivity index (χ3n) is 2.70. The summed E-state index contributed by atoms with van der Waals surface area (Å²) < 4.78 is 5.72. The summed E-state index contributed by atoms with van der Waals surface area (Å²) >= 11 is 1.68. The molecule has 0 aliphatic heterocycles. The highest BCUT2D eigenvalue weighted by molar-refractivity contribution is 7.98. The summed E-state index contributed by atoms with van der Waals surface area (Å²) in [6.07, 6.45) is 2.80. The van der Waals surface area contributed by atoms with Gasteiger partial charge in [-0.05, 0) is 18.4 Å². The number of hydrogen-bond acceptors (Lipinski definition) is 5. The first-order chi connectivity index (χ1) is 9.20. The number of rotatable bonds is 6. The third-order valence-corrected chi connectivity index (χ3v) is 3.49. The molecule has 0 fully saturated rings. The van der Waals surface area contributed by atoms with Gasteiger partial charge in [-0.25, -0.2) is 0 Å². The van der Waals surface area contributed by atoms with Crippen molar-refractivity contribution in [2.24, 2.45) is 0 Å². The molecule has 0 radical (unpaired) electrons. The number of thioether (sulfide) groups is 1. The lowest BCUT2D eigenvalue weighted by atomic mass is 10.2. The van der Waals surface area contributed by atoms with E-state index in [1.165, 1.54) is 0 Å². The minimum atomic E-state index is 0.472. The molecule has 0 bridgehead atoms. The van der Waals surface area contributed by atoms with E-state index in [0.29, 0.717) is 17.8 Å². The van der Waals surface area contributed by atoms with E-state index in [-0.39, 0.29) is 0 Å². The molecule has 0 aliphatic carbocycles. The van der Waals surface area contributed by atoms with E-state index in [2.05, 4.69) is 35.4 Å². The number of benzene rings is 1. The lowest BCUT2D eigenvalue weighted by Gasteiger charge is -2.05. The second kappa shape index (κ2) is 6.73. The summed E-state index contributed by atoms with van der Waals surface area (Å²) in [6.45, 7) is 5.09. The van der Waals surface area contributed by atoms with Crippen molar-refractivity contribution in [1.29, 1.82) is 0 Å². The molecule has 0 unspecified atom stereocenters. The van der Waals surface area contributed by atoms with Gasteiger partial charge in [-0.15, -0.1) is 22.0 Å². The summed E-state index contributed by atoms with van der Waals surface area (Å²) in [5.41, 5.74) is 1.01. The molecule has 2 rings (SSSR count). The SMILES string of the molecule is CSc1ccccc1-c1nnc(CCNC(C)C)o1. The molecule has 0 amide bonds. The van der Waals surface area contributed by atoms with Gasteiger partial charge in [0, 0.05) is 23.9 Å². The van der Waals surface area contributed by atoms with Gasteiger partial charge in [0.2, 0.25) is 11.8 Å². The van der Waals surface area contributed by atoms with Gasteiger partial charge < -0.3 is 9.73 Å². The van der Waals surface area contributed by atoms with Gasteiger partial charge in [0.15, 0.2) is 0 Å². The van der Waals surface area contributed by atoms with Crippen LogP contribution in [0.2, 0.25) is 0 Å². The van der Waals surface area contributed by atoms with Crippen LogP contribution in [0.25, 0.3) is 11.5 Å². The molecular weight excluding hydrogens is 258 g/mol. The Kier molecular flexibility index (Phi) is 4.99. The molecule has 0 spiro atoms. The highest BCUT2D eigenvalue weighted by Crippen LogP contribution is 2.28. The van der Waals surface area contributed by atoms with E-state index in [9.17, 15) is 0 Å². The van der Waals surface area contributed by atoms with E-state index in [4.69, 9.17) is 4.42 Å². The Bertz CT molecular complexity index is 525. The predicted octanol–water partition coefficient (Wildman–Crippen LogP) is 3.00. The van der Waals surface area contributed by atoms with Gasteiger partial charge in [-0.2, -0.15) is 0 Å². The van der Waals surface area contributed by atoms with Crippen LogP contribution in [0.3, 0.4) is 0 Å². The molecule has 1 aromatic heterocycles. The lowest BCUT2D eigenvalue weighted by Crippen LogP contribution is -2.25. The van der Waals surface area contributed by atoms with Crippen molar-refractivity contribution >= 4 is 11.8 Å². The average molecular weight is 277 g/mol. The van der Waals surface area contributed by atoms with Crippen molar-refractivity contribution in [1.82, 2.24) is 15.5 Å². The van der Waals surface area contributed by atoms with Crippen molar-refractivity contribution < 1.29 is 4.42 Å². The molecule has 4 nitrogen and oxygen atoms in total. The van der Waals surface area contributed by atoms with Crippen molar-refractivity contribution in [2.75, 3.05) is 12.8 Å². The molecule has 102 valence electrons. The van der Waals surface area contributed by atoms with E-state index in [1.807, 2.05) is 24.5 Å². The minimum Gasteiger partial charge on any atom is -0.421 e. The molecule has 1 N–H and O–H groups in total. The Morgan fingerprint density at radius 2 is 2.05 bits per heavy atom. The summed E-state index contributed by atoms with van der Waals surface area (Å²) in [7, 11) is 0. The summed E-state index contributed by atoms with van der Waals surface area (Å²) in [5, 5.41) is 11.6. The van der Waals surface area contributed by atoms with Crippen molar-refractivity contribution in [3.63, 3.8) is 0 Å². The lowest BCUT2D eigenvalue weighted by molar-refractivity contribution is 0.484. The topological polar surface area (TPSA) is 51.0 Å². The zero-order valence-corrected chi connectivity index (χ0v) is 12.3. The maximum absolute atomic E-state index is 5.72. The zero-order valence-electron chi connectivity index (χ0n) is 11.5. The fraction of sp³-hybridized carbons (Fsp3) is 0.429. The average Bonchev–Trinajstić information content (AvgIpc) is 2.87. The van der Waals surface area contributed by atoms with Crippen LogP contribution in [0.4, 0.5) is 0 Å². The Morgan fingerprint density at radius 3 is 2.79 bits per heavy atom. The largest absolute Gasteiger partial charge is 0.421 e. The van der Waals surface area contributed by atoms with Gasteiger partial charge in [0.05, 0.1) is 5.56 Å². The van der Waals surface area contributed by atoms with Crippen LogP contribution >= 0.6 is 11.8 Å². The Morgan fingerprint density at radius 1 is 1.26 bits per heavy atom. The number of hydrogen-bond donors (Lipinski definition) is 1. The van der Waals surface area contributed by atoms with Crippen LogP contribution in [0, 0.1) is 0 Å². The maximum Gasteiger partial charge on any atom is 0.248 e. The summed E-state index contributed by atoms with van der Waals surface area (Å²) in [5.74, 6) is 1.28. The molecular formula is C14H19N3OS. The normalized spacial score (nSPS) is 11.2. The standard InChI is InChI=1S/C14H19N3OS/c1-10(2)15-9-8-13-16-17-14(18-13)11-6-4-5-7-12(11)19-3/h4-7,10,15H,8-9H2,1-3H3. The molecule has 1 aromatic carbocycles. The van der Waals surface area contributed by atoms with Crippen LogP contribution in [0.5, 0.6) is 0 Å². The molecule has 0 aliphatic rings. The van der Waals surface area contributed by atoms with Crippen molar-refractivity contribution in [3.8, 4) is 11.5 Å². The van der Waals surface area contributed by atoms with Crippen LogP contribution in [0.1, 0.15) is 19.7 Å². The summed E-state index contributed by atoms with van der Waals surface area (Å²) in [4.78, 5) is 1.15. The minimum absolute atomic E-state index is 0.472. The van der Waals surface area contributed by atoms with Crippen LogP contribution in [-0.4, -0.2) is 29.0 Å². The Labute approximate surface area is 118 Å². The van der Waals surface area contributed by atoms with Gasteiger partial charge in [0.1, 0.15) is 0 Å². The molecule has 2 aromatic rings. The van der Waals surface area contributed by atoms with E-state index >= 15 is 0 Å².